The van der Waals surface area contributed by atoms with Crippen molar-refractivity contribution in [2.24, 2.45) is 11.8 Å². The average Bonchev–Trinajstić information content (AvgIpc) is 3.24. The summed E-state index contributed by atoms with van der Waals surface area (Å²) in [5, 5.41) is 7.80. The molecule has 4 rings (SSSR count). The fourth-order valence-electron chi connectivity index (χ4n) is 4.55. The summed E-state index contributed by atoms with van der Waals surface area (Å²) in [6.45, 7) is 3.79. The zero-order valence-corrected chi connectivity index (χ0v) is 17.2. The van der Waals surface area contributed by atoms with Gasteiger partial charge in [-0.05, 0) is 81.3 Å². The van der Waals surface area contributed by atoms with E-state index in [4.69, 9.17) is 9.26 Å². The minimum Gasteiger partial charge on any atom is -0.497 e. The lowest BCUT2D eigenvalue weighted by Gasteiger charge is -2.34. The van der Waals surface area contributed by atoms with Gasteiger partial charge in [0.15, 0.2) is 5.76 Å². The molecule has 0 bridgehead atoms. The molecule has 29 heavy (non-hydrogen) atoms. The maximum absolute atomic E-state index is 12.8. The minimum atomic E-state index is 0.334. The van der Waals surface area contributed by atoms with Gasteiger partial charge in [0, 0.05) is 31.1 Å². The summed E-state index contributed by atoms with van der Waals surface area (Å²) in [7, 11) is 1.66. The Bertz CT molecular complexity index is 796. The van der Waals surface area contributed by atoms with Crippen LogP contribution in [0.4, 0.5) is 0 Å². The lowest BCUT2D eigenvalue weighted by molar-refractivity contribution is -0.133. The number of piperidine rings is 2. The Morgan fingerprint density at radius 2 is 2.00 bits per heavy atom. The van der Waals surface area contributed by atoms with Gasteiger partial charge in [-0.2, -0.15) is 0 Å². The van der Waals surface area contributed by atoms with E-state index in [0.717, 1.165) is 74.6 Å². The summed E-state index contributed by atoms with van der Waals surface area (Å²) < 4.78 is 10.8. The topological polar surface area (TPSA) is 67.6 Å². The van der Waals surface area contributed by atoms with E-state index in [1.165, 1.54) is 6.42 Å². The molecule has 6 nitrogen and oxygen atoms in total. The molecular formula is C23H31N3O3. The van der Waals surface area contributed by atoms with Crippen molar-refractivity contribution in [1.82, 2.24) is 15.4 Å². The van der Waals surface area contributed by atoms with E-state index in [2.05, 4.69) is 15.4 Å². The highest BCUT2D eigenvalue weighted by Crippen LogP contribution is 2.29. The van der Waals surface area contributed by atoms with Gasteiger partial charge in [0.25, 0.3) is 0 Å². The molecule has 2 aliphatic rings. The zero-order valence-electron chi connectivity index (χ0n) is 17.2. The molecule has 3 heterocycles. The third-order valence-corrected chi connectivity index (χ3v) is 6.32. The Hall–Kier alpha value is -2.34. The van der Waals surface area contributed by atoms with E-state index in [9.17, 15) is 4.79 Å². The molecule has 2 atom stereocenters. The molecular weight excluding hydrogens is 366 g/mol. The molecule has 2 saturated heterocycles. The van der Waals surface area contributed by atoms with Crippen molar-refractivity contribution in [1.29, 1.82) is 0 Å². The number of rotatable bonds is 6. The van der Waals surface area contributed by atoms with E-state index < -0.39 is 0 Å². The predicted molar refractivity (Wildman–Crippen MR) is 112 cm³/mol. The first-order valence-electron chi connectivity index (χ1n) is 10.8. The van der Waals surface area contributed by atoms with Gasteiger partial charge in [0.05, 0.1) is 12.8 Å². The van der Waals surface area contributed by atoms with Crippen LogP contribution in [0.25, 0.3) is 11.3 Å². The van der Waals surface area contributed by atoms with Gasteiger partial charge in [0.2, 0.25) is 5.91 Å². The standard InChI is InChI=1S/C23H31N3O3/c1-28-21-7-5-17(6-8-21)22-15-20(25-29-22)13-19-16-24-10-9-18(19)14-23(27)26-11-3-2-4-12-26/h5-8,15,18-19,24H,2-4,9-14,16H2,1H3/t18-,19-/m0/s1. The van der Waals surface area contributed by atoms with E-state index in [1.54, 1.807) is 7.11 Å². The lowest BCUT2D eigenvalue weighted by Crippen LogP contribution is -2.42. The molecule has 1 aromatic carbocycles. The third kappa shape index (κ3) is 4.99. The van der Waals surface area contributed by atoms with Gasteiger partial charge >= 0.3 is 0 Å². The molecule has 2 fully saturated rings. The summed E-state index contributed by atoms with van der Waals surface area (Å²) in [4.78, 5) is 14.8. The number of ether oxygens (including phenoxy) is 1. The Kier molecular flexibility index (Phi) is 6.49. The number of carbonyl (C=O) groups is 1. The van der Waals surface area contributed by atoms with E-state index in [-0.39, 0.29) is 0 Å². The second-order valence-electron chi connectivity index (χ2n) is 8.27. The Balaban J connectivity index is 1.39. The molecule has 0 saturated carbocycles. The van der Waals surface area contributed by atoms with Crippen LogP contribution in [0.15, 0.2) is 34.9 Å². The van der Waals surface area contributed by atoms with Crippen LogP contribution in [0.1, 0.15) is 37.8 Å². The lowest BCUT2D eigenvalue weighted by atomic mass is 9.81. The van der Waals surface area contributed by atoms with Gasteiger partial charge in [-0.15, -0.1) is 0 Å². The van der Waals surface area contributed by atoms with Crippen molar-refractivity contribution < 1.29 is 14.1 Å². The van der Waals surface area contributed by atoms with Gasteiger partial charge in [0.1, 0.15) is 5.75 Å². The number of nitrogens with one attached hydrogen (secondary N) is 1. The molecule has 1 aromatic heterocycles. The summed E-state index contributed by atoms with van der Waals surface area (Å²) in [5.74, 6) is 2.74. The highest BCUT2D eigenvalue weighted by molar-refractivity contribution is 5.76. The molecule has 0 unspecified atom stereocenters. The summed E-state index contributed by atoms with van der Waals surface area (Å²) in [5.41, 5.74) is 1.95. The van der Waals surface area contributed by atoms with Crippen LogP contribution < -0.4 is 10.1 Å². The van der Waals surface area contributed by atoms with Crippen LogP contribution in [-0.2, 0) is 11.2 Å². The van der Waals surface area contributed by atoms with Crippen LogP contribution in [0.2, 0.25) is 0 Å². The number of likely N-dealkylation sites (tertiary alicyclic amines) is 1. The number of hydrogen-bond donors (Lipinski definition) is 1. The number of aromatic nitrogens is 1. The Labute approximate surface area is 172 Å². The number of hydrogen-bond acceptors (Lipinski definition) is 5. The molecule has 2 aromatic rings. The van der Waals surface area contributed by atoms with Gasteiger partial charge < -0.3 is 19.5 Å². The molecule has 6 heteroatoms. The smallest absolute Gasteiger partial charge is 0.222 e. The highest BCUT2D eigenvalue weighted by atomic mass is 16.5. The minimum absolute atomic E-state index is 0.334. The fourth-order valence-corrected chi connectivity index (χ4v) is 4.55. The van der Waals surface area contributed by atoms with Gasteiger partial charge in [-0.25, -0.2) is 0 Å². The first-order valence-corrected chi connectivity index (χ1v) is 10.8. The van der Waals surface area contributed by atoms with Crippen molar-refractivity contribution in [2.45, 2.75) is 38.5 Å². The second-order valence-corrected chi connectivity index (χ2v) is 8.27. The van der Waals surface area contributed by atoms with Gasteiger partial charge in [-0.1, -0.05) is 5.16 Å². The average molecular weight is 398 g/mol. The largest absolute Gasteiger partial charge is 0.497 e. The van der Waals surface area contributed by atoms with Gasteiger partial charge in [-0.3, -0.25) is 4.79 Å². The Morgan fingerprint density at radius 3 is 2.76 bits per heavy atom. The molecule has 0 aliphatic carbocycles. The van der Waals surface area contributed by atoms with Crippen LogP contribution in [0, 0.1) is 11.8 Å². The first kappa shape index (κ1) is 20.0. The number of amides is 1. The predicted octanol–water partition coefficient (Wildman–Crippen LogP) is 3.52. The van der Waals surface area contributed by atoms with E-state index in [1.807, 2.05) is 30.3 Å². The quantitative estimate of drug-likeness (QED) is 0.808. The molecule has 156 valence electrons. The molecule has 0 spiro atoms. The number of methoxy groups -OCH3 is 1. The highest BCUT2D eigenvalue weighted by Gasteiger charge is 2.30. The molecule has 2 aliphatic heterocycles. The molecule has 1 N–H and O–H groups in total. The first-order chi connectivity index (χ1) is 14.2. The number of nitrogens with zero attached hydrogens (tertiary/aromatic N) is 2. The summed E-state index contributed by atoms with van der Waals surface area (Å²) >= 11 is 0. The monoisotopic (exact) mass is 397 g/mol. The maximum Gasteiger partial charge on any atom is 0.222 e. The SMILES string of the molecule is COc1ccc(-c2cc(C[C@H]3CNCC[C@H]3CC(=O)N3CCCCC3)no2)cc1. The van der Waals surface area contributed by atoms with Crippen molar-refractivity contribution in [2.75, 3.05) is 33.3 Å². The van der Waals surface area contributed by atoms with E-state index >= 15 is 0 Å². The van der Waals surface area contributed by atoms with Crippen molar-refractivity contribution in [3.05, 3.63) is 36.0 Å². The maximum atomic E-state index is 12.8. The fraction of sp³-hybridized carbons (Fsp3) is 0.565. The number of carbonyl (C=O) groups excluding carboxylic acids is 1. The van der Waals surface area contributed by atoms with Crippen molar-refractivity contribution in [3.63, 3.8) is 0 Å². The Morgan fingerprint density at radius 1 is 1.21 bits per heavy atom. The van der Waals surface area contributed by atoms with Crippen LogP contribution in [0.3, 0.4) is 0 Å². The molecule has 0 radical (unpaired) electrons. The summed E-state index contributed by atoms with van der Waals surface area (Å²) in [6, 6.07) is 9.83. The van der Waals surface area contributed by atoms with Crippen LogP contribution in [0.5, 0.6) is 5.75 Å². The van der Waals surface area contributed by atoms with Crippen molar-refractivity contribution in [3.8, 4) is 17.1 Å². The molecule has 1 amide bonds. The number of benzene rings is 1. The van der Waals surface area contributed by atoms with Crippen LogP contribution in [-0.4, -0.2) is 49.3 Å². The van der Waals surface area contributed by atoms with Crippen molar-refractivity contribution >= 4 is 5.91 Å². The summed E-state index contributed by atoms with van der Waals surface area (Å²) in [6.07, 6.45) is 6.10. The zero-order chi connectivity index (χ0) is 20.1. The third-order valence-electron chi connectivity index (χ3n) is 6.32. The second kappa shape index (κ2) is 9.44. The normalized spacial score (nSPS) is 22.4. The van der Waals surface area contributed by atoms with Crippen LogP contribution >= 0.6 is 0 Å². The van der Waals surface area contributed by atoms with E-state index in [0.29, 0.717) is 24.2 Å².